The predicted molar refractivity (Wildman–Crippen MR) is 134 cm³/mol. The van der Waals surface area contributed by atoms with Crippen LogP contribution in [0, 0.1) is 12.7 Å². The molecule has 1 aliphatic carbocycles. The van der Waals surface area contributed by atoms with Crippen molar-refractivity contribution in [1.82, 2.24) is 9.47 Å². The van der Waals surface area contributed by atoms with Crippen LogP contribution >= 0.6 is 11.3 Å². The summed E-state index contributed by atoms with van der Waals surface area (Å²) in [4.78, 5) is 17.1. The number of aryl methyl sites for hydroxylation is 2. The third-order valence-electron chi connectivity index (χ3n) is 6.95. The number of benzene rings is 2. The molecular weight excluding hydrogens is 445 g/mol. The second kappa shape index (κ2) is 8.44. The maximum atomic E-state index is 14.4. The highest BCUT2D eigenvalue weighted by molar-refractivity contribution is 7.15. The second-order valence-corrected chi connectivity index (χ2v) is 10.2. The topological polar surface area (TPSA) is 37.3 Å². The summed E-state index contributed by atoms with van der Waals surface area (Å²) in [5.74, 6) is -0.436. The highest BCUT2D eigenvalue weighted by Crippen LogP contribution is 2.44. The van der Waals surface area contributed by atoms with Crippen molar-refractivity contribution in [3.05, 3.63) is 106 Å². The number of thiophene rings is 1. The molecule has 4 aromatic rings. The number of nitrogens with one attached hydrogen (secondary N) is 1. The maximum Gasteiger partial charge on any atom is 0.323 e. The maximum absolute atomic E-state index is 14.4. The molecule has 2 aromatic carbocycles. The molecular formula is C28H26FN3OS. The molecule has 2 aromatic heterocycles. The average molecular weight is 472 g/mol. The van der Waals surface area contributed by atoms with Crippen molar-refractivity contribution in [2.24, 2.45) is 0 Å². The van der Waals surface area contributed by atoms with Crippen LogP contribution in [0.4, 0.5) is 14.9 Å². The first-order valence-electron chi connectivity index (χ1n) is 11.8. The molecule has 6 rings (SSSR count). The van der Waals surface area contributed by atoms with Gasteiger partial charge in [0.05, 0.1) is 24.0 Å². The Balaban J connectivity index is 1.51. The molecule has 1 N–H and O–H groups in total. The van der Waals surface area contributed by atoms with Crippen molar-refractivity contribution in [1.29, 1.82) is 0 Å². The normalized spacial score (nSPS) is 16.9. The molecule has 172 valence electrons. The molecule has 0 fully saturated rings. The SMILES string of the molecule is Cc1ccc([C@H]2c3cccn3-c3sc4c(c3CN2C(=O)Nc2ccccc2F)CCCC4)cc1. The number of aromatic nitrogens is 1. The van der Waals surface area contributed by atoms with Crippen LogP contribution < -0.4 is 5.32 Å². The van der Waals surface area contributed by atoms with Crippen molar-refractivity contribution in [3.8, 4) is 5.00 Å². The van der Waals surface area contributed by atoms with Gasteiger partial charge in [-0.3, -0.25) is 0 Å². The van der Waals surface area contributed by atoms with Crippen molar-refractivity contribution >= 4 is 23.1 Å². The minimum absolute atomic E-state index is 0.197. The first-order chi connectivity index (χ1) is 16.6. The van der Waals surface area contributed by atoms with E-state index in [1.54, 1.807) is 18.2 Å². The number of anilines is 1. The number of hydrogen-bond acceptors (Lipinski definition) is 2. The highest BCUT2D eigenvalue weighted by Gasteiger charge is 2.36. The third kappa shape index (κ3) is 3.53. The molecule has 1 atom stereocenters. The number of carbonyl (C=O) groups is 1. The Morgan fingerprint density at radius 1 is 1.00 bits per heavy atom. The minimum Gasteiger partial charge on any atom is -0.310 e. The van der Waals surface area contributed by atoms with E-state index in [-0.39, 0.29) is 17.8 Å². The van der Waals surface area contributed by atoms with Gasteiger partial charge in [0.1, 0.15) is 10.8 Å². The number of para-hydroxylation sites is 1. The zero-order valence-electron chi connectivity index (χ0n) is 19.1. The average Bonchev–Trinajstić information content (AvgIpc) is 3.43. The Labute approximate surface area is 202 Å². The first kappa shape index (κ1) is 21.2. The quantitative estimate of drug-likeness (QED) is 0.336. The van der Waals surface area contributed by atoms with Crippen molar-refractivity contribution in [2.45, 2.75) is 45.2 Å². The fourth-order valence-corrected chi connectivity index (χ4v) is 6.64. The fourth-order valence-electron chi connectivity index (χ4n) is 5.24. The van der Waals surface area contributed by atoms with Gasteiger partial charge in [0.2, 0.25) is 0 Å². The molecule has 6 heteroatoms. The van der Waals surface area contributed by atoms with Crippen LogP contribution in [-0.2, 0) is 19.4 Å². The van der Waals surface area contributed by atoms with E-state index in [2.05, 4.69) is 59.4 Å². The molecule has 34 heavy (non-hydrogen) atoms. The summed E-state index contributed by atoms with van der Waals surface area (Å²) in [5, 5.41) is 4.06. The smallest absolute Gasteiger partial charge is 0.310 e. The lowest BCUT2D eigenvalue weighted by atomic mass is 9.95. The van der Waals surface area contributed by atoms with Gasteiger partial charge in [0, 0.05) is 16.6 Å². The van der Waals surface area contributed by atoms with E-state index in [0.29, 0.717) is 6.54 Å². The van der Waals surface area contributed by atoms with Crippen molar-refractivity contribution < 1.29 is 9.18 Å². The minimum atomic E-state index is -0.436. The lowest BCUT2D eigenvalue weighted by Crippen LogP contribution is -2.38. The molecule has 0 saturated carbocycles. The van der Waals surface area contributed by atoms with Gasteiger partial charge in [-0.25, -0.2) is 9.18 Å². The van der Waals surface area contributed by atoms with Crippen molar-refractivity contribution in [2.75, 3.05) is 5.32 Å². The monoisotopic (exact) mass is 471 g/mol. The van der Waals surface area contributed by atoms with Gasteiger partial charge in [0.15, 0.2) is 0 Å². The van der Waals surface area contributed by atoms with Crippen LogP contribution in [0.2, 0.25) is 0 Å². The second-order valence-electron chi connectivity index (χ2n) is 9.15. The summed E-state index contributed by atoms with van der Waals surface area (Å²) in [7, 11) is 0. The van der Waals surface area contributed by atoms with Gasteiger partial charge in [-0.05, 0) is 68.0 Å². The van der Waals surface area contributed by atoms with Crippen LogP contribution in [0.1, 0.15) is 51.7 Å². The van der Waals surface area contributed by atoms with Gasteiger partial charge >= 0.3 is 6.03 Å². The van der Waals surface area contributed by atoms with Crippen LogP contribution in [0.15, 0.2) is 66.9 Å². The van der Waals surface area contributed by atoms with Gasteiger partial charge in [-0.15, -0.1) is 11.3 Å². The number of urea groups is 1. The summed E-state index contributed by atoms with van der Waals surface area (Å²) in [6, 6.07) is 18.2. The molecule has 2 amide bonds. The zero-order valence-corrected chi connectivity index (χ0v) is 19.9. The molecule has 2 aliphatic rings. The molecule has 0 bridgehead atoms. The standard InChI is InChI=1S/C28H26FN3OS/c1-18-12-14-19(15-13-18)26-24-10-6-16-31(24)27-21(20-7-2-5-11-25(20)34-27)17-32(26)28(33)30-23-9-4-3-8-22(23)29/h3-4,6,8-10,12-16,26H,2,5,7,11,17H2,1H3,(H,30,33)/t26-/m0/s1. The van der Waals surface area contributed by atoms with E-state index in [0.717, 1.165) is 24.1 Å². The summed E-state index contributed by atoms with van der Waals surface area (Å²) in [6.07, 6.45) is 6.66. The Morgan fingerprint density at radius 2 is 1.79 bits per heavy atom. The molecule has 0 unspecified atom stereocenters. The van der Waals surface area contributed by atoms with E-state index >= 15 is 0 Å². The number of amides is 2. The number of hydrogen-bond donors (Lipinski definition) is 1. The van der Waals surface area contributed by atoms with E-state index in [1.807, 2.05) is 16.2 Å². The van der Waals surface area contributed by atoms with E-state index in [9.17, 15) is 9.18 Å². The molecule has 4 nitrogen and oxygen atoms in total. The van der Waals surface area contributed by atoms with Crippen LogP contribution in [-0.4, -0.2) is 15.5 Å². The van der Waals surface area contributed by atoms with Gasteiger partial charge in [0.25, 0.3) is 0 Å². The number of rotatable bonds is 2. The Kier molecular flexibility index (Phi) is 5.26. The predicted octanol–water partition coefficient (Wildman–Crippen LogP) is 7.00. The lowest BCUT2D eigenvalue weighted by molar-refractivity contribution is 0.194. The molecule has 1 aliphatic heterocycles. The van der Waals surface area contributed by atoms with Gasteiger partial charge in [-0.1, -0.05) is 42.0 Å². The lowest BCUT2D eigenvalue weighted by Gasteiger charge is -2.31. The molecule has 0 radical (unpaired) electrons. The number of halogens is 1. The Hall–Kier alpha value is -3.38. The fraction of sp³-hybridized carbons (Fsp3) is 0.250. The van der Waals surface area contributed by atoms with Crippen LogP contribution in [0.25, 0.3) is 5.00 Å². The highest BCUT2D eigenvalue weighted by atomic mass is 32.1. The Morgan fingerprint density at radius 3 is 2.62 bits per heavy atom. The number of fused-ring (bicyclic) bond motifs is 5. The molecule has 0 spiro atoms. The summed E-state index contributed by atoms with van der Waals surface area (Å²) in [5.41, 5.74) is 6.09. The van der Waals surface area contributed by atoms with Gasteiger partial charge in [-0.2, -0.15) is 0 Å². The van der Waals surface area contributed by atoms with E-state index in [4.69, 9.17) is 0 Å². The summed E-state index contributed by atoms with van der Waals surface area (Å²) < 4.78 is 16.7. The molecule has 0 saturated heterocycles. The van der Waals surface area contributed by atoms with Crippen molar-refractivity contribution in [3.63, 3.8) is 0 Å². The Bertz CT molecular complexity index is 1370. The summed E-state index contributed by atoms with van der Waals surface area (Å²) in [6.45, 7) is 2.55. The third-order valence-corrected chi connectivity index (χ3v) is 8.28. The molecule has 3 heterocycles. The first-order valence-corrected chi connectivity index (χ1v) is 12.6. The number of carbonyl (C=O) groups excluding carboxylic acids is 1. The van der Waals surface area contributed by atoms with Gasteiger partial charge < -0.3 is 14.8 Å². The summed E-state index contributed by atoms with van der Waals surface area (Å²) >= 11 is 1.86. The largest absolute Gasteiger partial charge is 0.323 e. The number of nitrogens with zero attached hydrogens (tertiary/aromatic N) is 2. The zero-order chi connectivity index (χ0) is 23.2. The van der Waals surface area contributed by atoms with E-state index < -0.39 is 5.82 Å². The van der Waals surface area contributed by atoms with E-state index in [1.165, 1.54) is 45.5 Å². The van der Waals surface area contributed by atoms with Crippen LogP contribution in [0.3, 0.4) is 0 Å². The van der Waals surface area contributed by atoms with Crippen LogP contribution in [0.5, 0.6) is 0 Å².